The second-order valence-corrected chi connectivity index (χ2v) is 5.68. The summed E-state index contributed by atoms with van der Waals surface area (Å²) in [5, 5.41) is 2.61. The predicted molar refractivity (Wildman–Crippen MR) is 94.4 cm³/mol. The summed E-state index contributed by atoms with van der Waals surface area (Å²) in [6.07, 6.45) is 0. The summed E-state index contributed by atoms with van der Waals surface area (Å²) in [5.74, 6) is -1.56. The Bertz CT molecular complexity index is 872. The maximum absolute atomic E-state index is 12.3. The van der Waals surface area contributed by atoms with Crippen molar-refractivity contribution in [3.8, 4) is 5.75 Å². The number of methoxy groups -OCH3 is 1. The number of fused-ring (bicyclic) bond motifs is 1. The van der Waals surface area contributed by atoms with E-state index >= 15 is 0 Å². The third kappa shape index (κ3) is 3.95. The van der Waals surface area contributed by atoms with E-state index in [1.807, 2.05) is 0 Å². The van der Waals surface area contributed by atoms with Crippen LogP contribution in [0.15, 0.2) is 48.5 Å². The summed E-state index contributed by atoms with van der Waals surface area (Å²) in [6.45, 7) is -0.602. The maximum Gasteiger partial charge on any atom is 0.343 e. The van der Waals surface area contributed by atoms with Crippen LogP contribution in [0, 0.1) is 0 Å². The van der Waals surface area contributed by atoms with E-state index in [-0.39, 0.29) is 13.2 Å². The zero-order chi connectivity index (χ0) is 19.4. The third-order valence-electron chi connectivity index (χ3n) is 3.90. The smallest absolute Gasteiger partial charge is 0.343 e. The second-order valence-electron chi connectivity index (χ2n) is 5.68. The minimum atomic E-state index is -0.507. The van der Waals surface area contributed by atoms with E-state index in [1.54, 1.807) is 48.5 Å². The Morgan fingerprint density at radius 3 is 2.11 bits per heavy atom. The standard InChI is InChI=1S/C19H16N2O6/c1-26-17(23)11-27-13-8-6-12(7-9-13)20-16(22)10-21-18(24)14-4-2-3-5-15(14)19(21)25/h2-9H,10-11H2,1H3,(H,20,22). The van der Waals surface area contributed by atoms with E-state index in [1.165, 1.54) is 7.11 Å². The minimum Gasteiger partial charge on any atom is -0.482 e. The minimum absolute atomic E-state index is 0.220. The van der Waals surface area contributed by atoms with E-state index in [0.717, 1.165) is 4.90 Å². The molecule has 0 atom stereocenters. The summed E-state index contributed by atoms with van der Waals surface area (Å²) in [7, 11) is 1.26. The van der Waals surface area contributed by atoms with Gasteiger partial charge in [-0.3, -0.25) is 19.3 Å². The number of anilines is 1. The van der Waals surface area contributed by atoms with Crippen LogP contribution in [-0.4, -0.2) is 48.9 Å². The molecule has 0 fully saturated rings. The molecule has 1 aliphatic rings. The number of hydrogen-bond acceptors (Lipinski definition) is 6. The quantitative estimate of drug-likeness (QED) is 0.612. The monoisotopic (exact) mass is 368 g/mol. The van der Waals surface area contributed by atoms with Crippen LogP contribution in [0.25, 0.3) is 0 Å². The molecule has 0 unspecified atom stereocenters. The number of carbonyl (C=O) groups excluding carboxylic acids is 4. The number of carbonyl (C=O) groups is 4. The largest absolute Gasteiger partial charge is 0.482 e. The van der Waals surface area contributed by atoms with Crippen LogP contribution in [0.5, 0.6) is 5.75 Å². The molecule has 1 N–H and O–H groups in total. The Labute approximate surface area is 154 Å². The SMILES string of the molecule is COC(=O)COc1ccc(NC(=O)CN2C(=O)c3ccccc3C2=O)cc1. The molecule has 0 aliphatic carbocycles. The van der Waals surface area contributed by atoms with Gasteiger partial charge in [0.15, 0.2) is 6.61 Å². The summed E-state index contributed by atoms with van der Waals surface area (Å²) in [4.78, 5) is 48.7. The number of imide groups is 1. The Morgan fingerprint density at radius 2 is 1.56 bits per heavy atom. The molecule has 8 nitrogen and oxygen atoms in total. The van der Waals surface area contributed by atoms with Gasteiger partial charge in [0, 0.05) is 5.69 Å². The van der Waals surface area contributed by atoms with Gasteiger partial charge in [-0.25, -0.2) is 4.79 Å². The highest BCUT2D eigenvalue weighted by atomic mass is 16.6. The molecule has 1 heterocycles. The Kier molecular flexibility index (Phi) is 5.16. The van der Waals surface area contributed by atoms with E-state index in [4.69, 9.17) is 4.74 Å². The van der Waals surface area contributed by atoms with Gasteiger partial charge in [-0.05, 0) is 36.4 Å². The maximum atomic E-state index is 12.3. The Balaban J connectivity index is 1.58. The number of ether oxygens (including phenoxy) is 2. The first kappa shape index (κ1) is 18.1. The molecular weight excluding hydrogens is 352 g/mol. The van der Waals surface area contributed by atoms with Crippen molar-refractivity contribution in [1.82, 2.24) is 4.90 Å². The van der Waals surface area contributed by atoms with E-state index in [2.05, 4.69) is 10.1 Å². The molecule has 27 heavy (non-hydrogen) atoms. The number of esters is 1. The molecule has 138 valence electrons. The van der Waals surface area contributed by atoms with Crippen LogP contribution < -0.4 is 10.1 Å². The first-order chi connectivity index (χ1) is 13.0. The van der Waals surface area contributed by atoms with Gasteiger partial charge in [-0.1, -0.05) is 12.1 Å². The van der Waals surface area contributed by atoms with Crippen molar-refractivity contribution in [2.45, 2.75) is 0 Å². The number of rotatable bonds is 6. The molecule has 0 aromatic heterocycles. The zero-order valence-electron chi connectivity index (χ0n) is 14.4. The summed E-state index contributed by atoms with van der Waals surface area (Å²) < 4.78 is 9.68. The van der Waals surface area contributed by atoms with Gasteiger partial charge >= 0.3 is 5.97 Å². The van der Waals surface area contributed by atoms with Gasteiger partial charge < -0.3 is 14.8 Å². The van der Waals surface area contributed by atoms with Crippen molar-refractivity contribution in [1.29, 1.82) is 0 Å². The number of nitrogens with zero attached hydrogens (tertiary/aromatic N) is 1. The van der Waals surface area contributed by atoms with Crippen LogP contribution in [0.4, 0.5) is 5.69 Å². The van der Waals surface area contributed by atoms with Crippen LogP contribution in [0.3, 0.4) is 0 Å². The molecular formula is C19H16N2O6. The van der Waals surface area contributed by atoms with Crippen molar-refractivity contribution in [3.63, 3.8) is 0 Å². The molecule has 3 amide bonds. The first-order valence-electron chi connectivity index (χ1n) is 8.04. The number of hydrogen-bond donors (Lipinski definition) is 1. The average Bonchev–Trinajstić information content (AvgIpc) is 2.92. The highest BCUT2D eigenvalue weighted by molar-refractivity contribution is 6.22. The van der Waals surface area contributed by atoms with E-state index in [0.29, 0.717) is 22.6 Å². The number of benzene rings is 2. The molecule has 3 rings (SSSR count). The van der Waals surface area contributed by atoms with Gasteiger partial charge in [0.2, 0.25) is 5.91 Å². The fraction of sp³-hybridized carbons (Fsp3) is 0.158. The predicted octanol–water partition coefficient (Wildman–Crippen LogP) is 1.47. The summed E-state index contributed by atoms with van der Waals surface area (Å²) in [5.41, 5.74) is 1.05. The molecule has 0 saturated carbocycles. The van der Waals surface area contributed by atoms with Crippen LogP contribution in [0.2, 0.25) is 0 Å². The van der Waals surface area contributed by atoms with Gasteiger partial charge in [-0.15, -0.1) is 0 Å². The fourth-order valence-corrected chi connectivity index (χ4v) is 2.56. The van der Waals surface area contributed by atoms with Gasteiger partial charge in [0.1, 0.15) is 12.3 Å². The third-order valence-corrected chi connectivity index (χ3v) is 3.90. The normalized spacial score (nSPS) is 12.6. The van der Waals surface area contributed by atoms with Crippen LogP contribution in [-0.2, 0) is 14.3 Å². The highest BCUT2D eigenvalue weighted by Crippen LogP contribution is 2.22. The summed E-state index contributed by atoms with van der Waals surface area (Å²) in [6, 6.07) is 12.7. The highest BCUT2D eigenvalue weighted by Gasteiger charge is 2.36. The molecule has 2 aromatic carbocycles. The molecule has 8 heteroatoms. The lowest BCUT2D eigenvalue weighted by Crippen LogP contribution is -2.37. The topological polar surface area (TPSA) is 102 Å². The van der Waals surface area contributed by atoms with Gasteiger partial charge in [0.05, 0.1) is 18.2 Å². The molecule has 0 bridgehead atoms. The number of nitrogens with one attached hydrogen (secondary N) is 1. The lowest BCUT2D eigenvalue weighted by molar-refractivity contribution is -0.142. The van der Waals surface area contributed by atoms with E-state index < -0.39 is 23.7 Å². The number of amides is 3. The molecule has 0 radical (unpaired) electrons. The second kappa shape index (κ2) is 7.69. The van der Waals surface area contributed by atoms with Crippen molar-refractivity contribution in [3.05, 3.63) is 59.7 Å². The molecule has 0 saturated heterocycles. The zero-order valence-corrected chi connectivity index (χ0v) is 14.4. The Hall–Kier alpha value is -3.68. The molecule has 0 spiro atoms. The van der Waals surface area contributed by atoms with Gasteiger partial charge in [0.25, 0.3) is 11.8 Å². The van der Waals surface area contributed by atoms with Crippen molar-refractivity contribution in [2.24, 2.45) is 0 Å². The lowest BCUT2D eigenvalue weighted by Gasteiger charge is -2.14. The Morgan fingerprint density at radius 1 is 0.963 bits per heavy atom. The van der Waals surface area contributed by atoms with Crippen molar-refractivity contribution < 1.29 is 28.7 Å². The van der Waals surface area contributed by atoms with Crippen molar-refractivity contribution in [2.75, 3.05) is 25.6 Å². The molecule has 2 aromatic rings. The van der Waals surface area contributed by atoms with E-state index in [9.17, 15) is 19.2 Å². The average molecular weight is 368 g/mol. The van der Waals surface area contributed by atoms with Gasteiger partial charge in [-0.2, -0.15) is 0 Å². The van der Waals surface area contributed by atoms with Crippen LogP contribution in [0.1, 0.15) is 20.7 Å². The fourth-order valence-electron chi connectivity index (χ4n) is 2.56. The summed E-state index contributed by atoms with van der Waals surface area (Å²) >= 11 is 0. The van der Waals surface area contributed by atoms with Crippen molar-refractivity contribution >= 4 is 29.4 Å². The molecule has 1 aliphatic heterocycles. The lowest BCUT2D eigenvalue weighted by atomic mass is 10.1. The van der Waals surface area contributed by atoms with Crippen LogP contribution >= 0.6 is 0 Å². The first-order valence-corrected chi connectivity index (χ1v) is 8.04.